The molecule has 0 radical (unpaired) electrons. The van der Waals surface area contributed by atoms with Gasteiger partial charge in [-0.2, -0.15) is 0 Å². The lowest BCUT2D eigenvalue weighted by Gasteiger charge is -2.06. The Morgan fingerprint density at radius 1 is 1.30 bits per heavy atom. The summed E-state index contributed by atoms with van der Waals surface area (Å²) in [6.07, 6.45) is 0.611. The highest BCUT2D eigenvalue weighted by molar-refractivity contribution is 6.29. The molecule has 3 N–H and O–H groups in total. The number of halogens is 2. The summed E-state index contributed by atoms with van der Waals surface area (Å²) in [7, 11) is 0. The molecule has 0 bridgehead atoms. The number of hydrogen-bond donors (Lipinski definition) is 2. The summed E-state index contributed by atoms with van der Waals surface area (Å²) in [5.41, 5.74) is 6.83. The van der Waals surface area contributed by atoms with Gasteiger partial charge in [0.25, 0.3) is 5.91 Å². The average Bonchev–Trinajstić information content (AvgIpc) is 2.40. The predicted octanol–water partition coefficient (Wildman–Crippen LogP) is 2.43. The van der Waals surface area contributed by atoms with Crippen molar-refractivity contribution in [3.8, 4) is 0 Å². The van der Waals surface area contributed by atoms with Gasteiger partial charge in [-0.05, 0) is 36.2 Å². The van der Waals surface area contributed by atoms with Crippen molar-refractivity contribution >= 4 is 23.3 Å². The molecule has 2 rings (SSSR count). The SMILES string of the molecule is Nc1cc(C(=O)NCCc2ccc(F)cc2)cc(Cl)n1. The van der Waals surface area contributed by atoms with Crippen molar-refractivity contribution < 1.29 is 9.18 Å². The monoisotopic (exact) mass is 293 g/mol. The molecule has 1 heterocycles. The third-order valence-corrected chi connectivity index (χ3v) is 2.88. The van der Waals surface area contributed by atoms with Gasteiger partial charge in [0.1, 0.15) is 16.8 Å². The zero-order valence-corrected chi connectivity index (χ0v) is 11.3. The molecule has 1 amide bonds. The van der Waals surface area contributed by atoms with Crippen LogP contribution >= 0.6 is 11.6 Å². The van der Waals surface area contributed by atoms with Crippen molar-refractivity contribution in [2.24, 2.45) is 0 Å². The minimum Gasteiger partial charge on any atom is -0.384 e. The van der Waals surface area contributed by atoms with Crippen molar-refractivity contribution in [3.63, 3.8) is 0 Å². The fourth-order valence-corrected chi connectivity index (χ4v) is 1.94. The Balaban J connectivity index is 1.90. The summed E-state index contributed by atoms with van der Waals surface area (Å²) in [6.45, 7) is 0.435. The van der Waals surface area contributed by atoms with Crippen LogP contribution in [0.3, 0.4) is 0 Å². The van der Waals surface area contributed by atoms with Crippen LogP contribution in [0.4, 0.5) is 10.2 Å². The number of benzene rings is 1. The number of nitrogens with two attached hydrogens (primary N) is 1. The number of rotatable bonds is 4. The maximum absolute atomic E-state index is 12.7. The van der Waals surface area contributed by atoms with Crippen LogP contribution in [0, 0.1) is 5.82 Å². The Morgan fingerprint density at radius 3 is 2.65 bits per heavy atom. The molecule has 104 valence electrons. The summed E-state index contributed by atoms with van der Waals surface area (Å²) in [5, 5.41) is 2.92. The van der Waals surface area contributed by atoms with E-state index in [4.69, 9.17) is 17.3 Å². The number of hydrogen-bond acceptors (Lipinski definition) is 3. The molecule has 20 heavy (non-hydrogen) atoms. The van der Waals surface area contributed by atoms with Gasteiger partial charge in [0.15, 0.2) is 0 Å². The zero-order valence-electron chi connectivity index (χ0n) is 10.6. The largest absolute Gasteiger partial charge is 0.384 e. The highest BCUT2D eigenvalue weighted by atomic mass is 35.5. The number of pyridine rings is 1. The van der Waals surface area contributed by atoms with E-state index in [-0.39, 0.29) is 22.7 Å². The van der Waals surface area contributed by atoms with Crippen molar-refractivity contribution in [2.75, 3.05) is 12.3 Å². The maximum Gasteiger partial charge on any atom is 0.251 e. The lowest BCUT2D eigenvalue weighted by molar-refractivity contribution is 0.0954. The second-order valence-electron chi connectivity index (χ2n) is 4.24. The van der Waals surface area contributed by atoms with Crippen molar-refractivity contribution in [1.29, 1.82) is 0 Å². The molecule has 4 nitrogen and oxygen atoms in total. The number of nitrogens with one attached hydrogen (secondary N) is 1. The van der Waals surface area contributed by atoms with Crippen LogP contribution in [0.2, 0.25) is 5.15 Å². The molecule has 0 aliphatic carbocycles. The highest BCUT2D eigenvalue weighted by Crippen LogP contribution is 2.12. The van der Waals surface area contributed by atoms with E-state index < -0.39 is 0 Å². The second kappa shape index (κ2) is 6.34. The van der Waals surface area contributed by atoms with E-state index in [1.165, 1.54) is 24.3 Å². The number of carbonyl (C=O) groups is 1. The number of nitrogens with zero attached hydrogens (tertiary/aromatic N) is 1. The van der Waals surface area contributed by atoms with Crippen molar-refractivity contribution in [2.45, 2.75) is 6.42 Å². The molecule has 0 aliphatic rings. The zero-order chi connectivity index (χ0) is 14.5. The standard InChI is InChI=1S/C14H13ClFN3O/c15-12-7-10(8-13(17)19-12)14(20)18-6-5-9-1-3-11(16)4-2-9/h1-4,7-8H,5-6H2,(H2,17,19)(H,18,20). The Labute approximate surface area is 120 Å². The van der Waals surface area contributed by atoms with Crippen LogP contribution in [0.1, 0.15) is 15.9 Å². The van der Waals surface area contributed by atoms with E-state index in [0.29, 0.717) is 18.5 Å². The molecule has 0 atom stereocenters. The molecule has 0 unspecified atom stereocenters. The van der Waals surface area contributed by atoms with Gasteiger partial charge in [0.05, 0.1) is 0 Å². The molecular formula is C14H13ClFN3O. The van der Waals surface area contributed by atoms with Crippen LogP contribution in [0.25, 0.3) is 0 Å². The van der Waals surface area contributed by atoms with Crippen LogP contribution in [0.5, 0.6) is 0 Å². The summed E-state index contributed by atoms with van der Waals surface area (Å²) in [4.78, 5) is 15.7. The van der Waals surface area contributed by atoms with E-state index in [0.717, 1.165) is 5.56 Å². The quantitative estimate of drug-likeness (QED) is 0.851. The number of nitrogen functional groups attached to an aromatic ring is 1. The van der Waals surface area contributed by atoms with Crippen LogP contribution < -0.4 is 11.1 Å². The first-order chi connectivity index (χ1) is 9.54. The minimum absolute atomic E-state index is 0.175. The smallest absolute Gasteiger partial charge is 0.251 e. The fourth-order valence-electron chi connectivity index (χ4n) is 1.72. The molecule has 0 fully saturated rings. The Bertz CT molecular complexity index is 596. The third kappa shape index (κ3) is 3.93. The lowest BCUT2D eigenvalue weighted by atomic mass is 10.1. The van der Waals surface area contributed by atoms with Gasteiger partial charge < -0.3 is 11.1 Å². The summed E-state index contributed by atoms with van der Waals surface area (Å²) in [5.74, 6) is -0.357. The normalized spacial score (nSPS) is 10.3. The molecule has 1 aromatic carbocycles. The van der Waals surface area contributed by atoms with Crippen LogP contribution in [-0.2, 0) is 6.42 Å². The first-order valence-corrected chi connectivity index (χ1v) is 6.38. The number of amides is 1. The summed E-state index contributed by atoms with van der Waals surface area (Å²) < 4.78 is 12.7. The molecule has 0 saturated carbocycles. The van der Waals surface area contributed by atoms with E-state index in [1.807, 2.05) is 0 Å². The molecule has 0 saturated heterocycles. The number of anilines is 1. The molecule has 0 spiro atoms. The molecule has 6 heteroatoms. The molecular weight excluding hydrogens is 281 g/mol. The van der Waals surface area contributed by atoms with E-state index >= 15 is 0 Å². The van der Waals surface area contributed by atoms with E-state index in [9.17, 15) is 9.18 Å². The fraction of sp³-hybridized carbons (Fsp3) is 0.143. The summed E-state index contributed by atoms with van der Waals surface area (Å²) >= 11 is 5.73. The number of carbonyl (C=O) groups excluding carboxylic acids is 1. The van der Waals surface area contributed by atoms with Gasteiger partial charge >= 0.3 is 0 Å². The van der Waals surface area contributed by atoms with Gasteiger partial charge in [-0.15, -0.1) is 0 Å². The second-order valence-corrected chi connectivity index (χ2v) is 4.62. The van der Waals surface area contributed by atoms with Crippen LogP contribution in [0.15, 0.2) is 36.4 Å². The van der Waals surface area contributed by atoms with Gasteiger partial charge in [-0.3, -0.25) is 4.79 Å². The topological polar surface area (TPSA) is 68.0 Å². The minimum atomic E-state index is -0.278. The average molecular weight is 294 g/mol. The molecule has 1 aromatic heterocycles. The first-order valence-electron chi connectivity index (χ1n) is 6.00. The van der Waals surface area contributed by atoms with E-state index in [2.05, 4.69) is 10.3 Å². The Morgan fingerprint density at radius 2 is 2.00 bits per heavy atom. The van der Waals surface area contributed by atoms with Gasteiger partial charge in [-0.1, -0.05) is 23.7 Å². The summed E-state index contributed by atoms with van der Waals surface area (Å²) in [6, 6.07) is 9.05. The van der Waals surface area contributed by atoms with Crippen LogP contribution in [-0.4, -0.2) is 17.4 Å². The first kappa shape index (κ1) is 14.3. The predicted molar refractivity (Wildman–Crippen MR) is 76.1 cm³/mol. The van der Waals surface area contributed by atoms with Gasteiger partial charge in [-0.25, -0.2) is 9.37 Å². The lowest BCUT2D eigenvalue weighted by Crippen LogP contribution is -2.25. The third-order valence-electron chi connectivity index (χ3n) is 2.69. The van der Waals surface area contributed by atoms with Gasteiger partial charge in [0.2, 0.25) is 0 Å². The Kier molecular flexibility index (Phi) is 4.53. The highest BCUT2D eigenvalue weighted by Gasteiger charge is 2.07. The maximum atomic E-state index is 12.7. The molecule has 2 aromatic rings. The van der Waals surface area contributed by atoms with Gasteiger partial charge in [0, 0.05) is 12.1 Å². The number of aromatic nitrogens is 1. The molecule has 0 aliphatic heterocycles. The van der Waals surface area contributed by atoms with E-state index in [1.54, 1.807) is 12.1 Å². The van der Waals surface area contributed by atoms with Crippen molar-refractivity contribution in [3.05, 3.63) is 58.5 Å². The Hall–Kier alpha value is -2.14. The van der Waals surface area contributed by atoms with Crippen molar-refractivity contribution in [1.82, 2.24) is 10.3 Å².